The van der Waals surface area contributed by atoms with Crippen molar-refractivity contribution in [2.45, 2.75) is 77.2 Å². The molecule has 34 heavy (non-hydrogen) atoms. The number of aryl methyl sites for hydroxylation is 1. The summed E-state index contributed by atoms with van der Waals surface area (Å²) in [6, 6.07) is 12.2. The van der Waals surface area contributed by atoms with E-state index in [9.17, 15) is 0 Å². The normalized spacial score (nSPS) is 14.5. The summed E-state index contributed by atoms with van der Waals surface area (Å²) >= 11 is 0. The number of nitrogens with one attached hydrogen (secondary N) is 1. The summed E-state index contributed by atoms with van der Waals surface area (Å²) in [6.45, 7) is 3.17. The van der Waals surface area contributed by atoms with E-state index in [1.165, 1.54) is 44.9 Å². The molecule has 1 N–H and O–H groups in total. The van der Waals surface area contributed by atoms with Crippen LogP contribution in [0.2, 0.25) is 0 Å². The fourth-order valence-corrected chi connectivity index (χ4v) is 4.80. The first kappa shape index (κ1) is 22.4. The molecule has 176 valence electrons. The van der Waals surface area contributed by atoms with Gasteiger partial charge in [-0.15, -0.1) is 10.2 Å². The van der Waals surface area contributed by atoms with Crippen molar-refractivity contribution in [3.63, 3.8) is 0 Å². The lowest BCUT2D eigenvalue weighted by Crippen LogP contribution is -2.08. The van der Waals surface area contributed by atoms with Crippen LogP contribution in [0.15, 0.2) is 42.6 Å². The number of H-pyrrole nitrogens is 1. The molecule has 8 nitrogen and oxygen atoms in total. The minimum absolute atomic E-state index is 0.516. The summed E-state index contributed by atoms with van der Waals surface area (Å²) in [6.07, 6.45) is 12.6. The number of hydrogen-bond acceptors (Lipinski definition) is 6. The highest BCUT2D eigenvalue weighted by molar-refractivity contribution is 5.78. The van der Waals surface area contributed by atoms with Crippen molar-refractivity contribution in [2.24, 2.45) is 0 Å². The molecule has 0 spiro atoms. The Morgan fingerprint density at radius 3 is 2.59 bits per heavy atom. The zero-order valence-corrected chi connectivity index (χ0v) is 19.8. The van der Waals surface area contributed by atoms with E-state index < -0.39 is 0 Å². The molecule has 0 aliphatic heterocycles. The molecule has 1 aliphatic rings. The lowest BCUT2D eigenvalue weighted by molar-refractivity contribution is 0.424. The minimum Gasteiger partial charge on any atom is -0.256 e. The zero-order chi connectivity index (χ0) is 23.2. The predicted molar refractivity (Wildman–Crippen MR) is 131 cm³/mol. The van der Waals surface area contributed by atoms with Gasteiger partial charge in [-0.05, 0) is 36.1 Å². The SMILES string of the molecule is CCCCCn1nc(C2CCCCC2)nc1Cc1ccc(-c2ccccc2-c2nn[nH]n2)nc1. The van der Waals surface area contributed by atoms with Crippen molar-refractivity contribution in [2.75, 3.05) is 0 Å². The fraction of sp³-hybridized carbons (Fsp3) is 0.462. The van der Waals surface area contributed by atoms with Crippen LogP contribution in [0.25, 0.3) is 22.6 Å². The molecule has 0 amide bonds. The average molecular weight is 457 g/mol. The first-order valence-corrected chi connectivity index (χ1v) is 12.5. The Morgan fingerprint density at radius 1 is 1.00 bits per heavy atom. The molecule has 0 saturated heterocycles. The van der Waals surface area contributed by atoms with Crippen LogP contribution in [0, 0.1) is 0 Å². The van der Waals surface area contributed by atoms with Crippen molar-refractivity contribution in [1.82, 2.24) is 40.4 Å². The highest BCUT2D eigenvalue weighted by atomic mass is 15.5. The molecule has 1 aromatic carbocycles. The predicted octanol–water partition coefficient (Wildman–Crippen LogP) is 5.35. The summed E-state index contributed by atoms with van der Waals surface area (Å²) in [7, 11) is 0. The Morgan fingerprint density at radius 2 is 1.85 bits per heavy atom. The van der Waals surface area contributed by atoms with E-state index in [2.05, 4.69) is 44.4 Å². The van der Waals surface area contributed by atoms with Gasteiger partial charge in [0.15, 0.2) is 5.82 Å². The van der Waals surface area contributed by atoms with E-state index in [0.29, 0.717) is 11.7 Å². The molecule has 0 atom stereocenters. The third-order valence-electron chi connectivity index (χ3n) is 6.68. The molecule has 3 aromatic heterocycles. The first-order valence-electron chi connectivity index (χ1n) is 12.5. The molecule has 0 radical (unpaired) electrons. The van der Waals surface area contributed by atoms with Gasteiger partial charge in [0.2, 0.25) is 5.82 Å². The Labute approximate surface area is 200 Å². The van der Waals surface area contributed by atoms with Crippen molar-refractivity contribution in [3.05, 3.63) is 59.8 Å². The third kappa shape index (κ3) is 5.05. The van der Waals surface area contributed by atoms with Crippen LogP contribution in [0.1, 0.15) is 81.4 Å². The molecule has 1 saturated carbocycles. The summed E-state index contributed by atoms with van der Waals surface area (Å²) < 4.78 is 2.15. The largest absolute Gasteiger partial charge is 0.256 e. The van der Waals surface area contributed by atoms with E-state index in [-0.39, 0.29) is 0 Å². The second-order valence-corrected chi connectivity index (χ2v) is 9.16. The lowest BCUT2D eigenvalue weighted by atomic mass is 9.89. The van der Waals surface area contributed by atoms with Crippen LogP contribution in [0.3, 0.4) is 0 Å². The van der Waals surface area contributed by atoms with Gasteiger partial charge in [-0.3, -0.25) is 4.98 Å². The van der Waals surface area contributed by atoms with Gasteiger partial charge in [-0.1, -0.05) is 69.4 Å². The lowest BCUT2D eigenvalue weighted by Gasteiger charge is -2.18. The molecule has 0 unspecified atom stereocenters. The molecular weight excluding hydrogens is 424 g/mol. The maximum atomic E-state index is 5.03. The minimum atomic E-state index is 0.516. The second-order valence-electron chi connectivity index (χ2n) is 9.16. The second kappa shape index (κ2) is 10.7. The number of pyridine rings is 1. The van der Waals surface area contributed by atoms with Gasteiger partial charge in [0.05, 0.1) is 5.69 Å². The number of aromatic nitrogens is 8. The summed E-state index contributed by atoms with van der Waals surface area (Å²) in [5.74, 6) is 3.18. The van der Waals surface area contributed by atoms with Gasteiger partial charge >= 0.3 is 0 Å². The number of tetrazole rings is 1. The molecule has 4 aromatic rings. The molecule has 0 bridgehead atoms. The van der Waals surface area contributed by atoms with E-state index in [4.69, 9.17) is 15.1 Å². The van der Waals surface area contributed by atoms with E-state index in [1.54, 1.807) is 0 Å². The molecule has 3 heterocycles. The molecule has 1 fully saturated rings. The van der Waals surface area contributed by atoms with Crippen LogP contribution in [0.5, 0.6) is 0 Å². The standard InChI is InChI=1S/C26H32N8/c1-2-3-9-16-34-24(28-25(31-34)20-10-5-4-6-11-20)17-19-14-15-23(27-18-19)21-12-7-8-13-22(21)26-29-32-33-30-26/h7-8,12-15,18,20H,2-6,9-11,16-17H2,1H3,(H,29,30,32,33). The van der Waals surface area contributed by atoms with Crippen molar-refractivity contribution >= 4 is 0 Å². The van der Waals surface area contributed by atoms with Crippen LogP contribution >= 0.6 is 0 Å². The summed E-state index contributed by atoms with van der Waals surface area (Å²) in [5, 5.41) is 19.5. The van der Waals surface area contributed by atoms with E-state index >= 15 is 0 Å². The van der Waals surface area contributed by atoms with Gasteiger partial charge in [0.25, 0.3) is 0 Å². The van der Waals surface area contributed by atoms with Crippen LogP contribution in [0.4, 0.5) is 0 Å². The van der Waals surface area contributed by atoms with Crippen molar-refractivity contribution in [3.8, 4) is 22.6 Å². The monoisotopic (exact) mass is 456 g/mol. The van der Waals surface area contributed by atoms with Gasteiger partial charge in [0.1, 0.15) is 5.82 Å². The third-order valence-corrected chi connectivity index (χ3v) is 6.68. The number of nitrogens with zero attached hydrogens (tertiary/aromatic N) is 7. The molecule has 8 heteroatoms. The number of benzene rings is 1. The molecule has 1 aliphatic carbocycles. The average Bonchev–Trinajstić information content (AvgIpc) is 3.56. The first-order chi connectivity index (χ1) is 16.8. The highest BCUT2D eigenvalue weighted by Gasteiger charge is 2.22. The number of hydrogen-bond donors (Lipinski definition) is 1. The maximum absolute atomic E-state index is 5.03. The number of rotatable bonds is 9. The number of unbranched alkanes of at least 4 members (excludes halogenated alkanes) is 2. The molecular formula is C26H32N8. The fourth-order valence-electron chi connectivity index (χ4n) is 4.80. The summed E-state index contributed by atoms with van der Waals surface area (Å²) in [5.41, 5.74) is 3.92. The van der Waals surface area contributed by atoms with E-state index in [0.717, 1.165) is 53.4 Å². The molecule has 5 rings (SSSR count). The van der Waals surface area contributed by atoms with Crippen LogP contribution in [-0.4, -0.2) is 40.4 Å². The highest BCUT2D eigenvalue weighted by Crippen LogP contribution is 2.31. The smallest absolute Gasteiger partial charge is 0.205 e. The van der Waals surface area contributed by atoms with Crippen LogP contribution in [-0.2, 0) is 13.0 Å². The zero-order valence-electron chi connectivity index (χ0n) is 19.8. The maximum Gasteiger partial charge on any atom is 0.205 e. The Kier molecular flexibility index (Phi) is 7.02. The number of aromatic amines is 1. The van der Waals surface area contributed by atoms with Gasteiger partial charge in [-0.25, -0.2) is 9.67 Å². The Hall–Kier alpha value is -3.42. The topological polar surface area (TPSA) is 98.1 Å². The van der Waals surface area contributed by atoms with Crippen LogP contribution < -0.4 is 0 Å². The Bertz CT molecular complexity index is 1170. The van der Waals surface area contributed by atoms with Gasteiger partial charge in [-0.2, -0.15) is 10.3 Å². The summed E-state index contributed by atoms with van der Waals surface area (Å²) in [4.78, 5) is 9.81. The Balaban J connectivity index is 1.37. The van der Waals surface area contributed by atoms with Crippen molar-refractivity contribution < 1.29 is 0 Å². The van der Waals surface area contributed by atoms with Gasteiger partial charge in [0, 0.05) is 36.2 Å². The van der Waals surface area contributed by atoms with E-state index in [1.807, 2.05) is 30.5 Å². The quantitative estimate of drug-likeness (QED) is 0.341. The van der Waals surface area contributed by atoms with Crippen molar-refractivity contribution in [1.29, 1.82) is 0 Å². The van der Waals surface area contributed by atoms with Gasteiger partial charge < -0.3 is 0 Å².